The van der Waals surface area contributed by atoms with Gasteiger partial charge in [0.25, 0.3) is 0 Å². The van der Waals surface area contributed by atoms with Gasteiger partial charge in [-0.25, -0.2) is 18.4 Å². The van der Waals surface area contributed by atoms with E-state index in [0.717, 1.165) is 0 Å². The summed E-state index contributed by atoms with van der Waals surface area (Å²) >= 11 is 0. The van der Waals surface area contributed by atoms with Crippen LogP contribution in [0.4, 0.5) is 36.4 Å². The van der Waals surface area contributed by atoms with Gasteiger partial charge in [-0.3, -0.25) is 14.5 Å². The SMILES string of the molecule is CCS(=O)(=O)Nc1nccnc1CNc1nc(Nc2cccc(C(N)=O)c2)ncc1C(F)(F)F. The molecule has 0 aliphatic carbocycles. The summed E-state index contributed by atoms with van der Waals surface area (Å²) in [6.45, 7) is 1.09. The number of alkyl halides is 3. The standard InChI is InChI=1S/C19H19F3N8O3S/c1-2-34(32,33)30-17-14(24-6-7-25-17)10-26-16-13(19(20,21)22)9-27-18(29-16)28-12-5-3-4-11(8-12)15(23)31/h3-9H,2,10H2,1H3,(H2,23,31)(H,25,30)(H2,26,27,28,29). The number of nitrogens with one attached hydrogen (secondary N) is 3. The lowest BCUT2D eigenvalue weighted by atomic mass is 10.2. The zero-order valence-corrected chi connectivity index (χ0v) is 18.4. The molecule has 11 nitrogen and oxygen atoms in total. The molecular weight excluding hydrogens is 477 g/mol. The first-order valence-electron chi connectivity index (χ1n) is 9.64. The smallest absolute Gasteiger partial charge is 0.366 e. The van der Waals surface area contributed by atoms with Crippen LogP contribution in [0.15, 0.2) is 42.9 Å². The van der Waals surface area contributed by atoms with Crippen LogP contribution in [0.25, 0.3) is 0 Å². The van der Waals surface area contributed by atoms with Crippen molar-refractivity contribution in [1.82, 2.24) is 19.9 Å². The number of hydrogen-bond acceptors (Lipinski definition) is 9. The summed E-state index contributed by atoms with van der Waals surface area (Å²) in [6, 6.07) is 5.94. The predicted molar refractivity (Wildman–Crippen MR) is 118 cm³/mol. The van der Waals surface area contributed by atoms with Gasteiger partial charge in [0, 0.05) is 29.8 Å². The number of amides is 1. The maximum Gasteiger partial charge on any atom is 0.421 e. The third-order valence-corrected chi connectivity index (χ3v) is 5.59. The van der Waals surface area contributed by atoms with Crippen LogP contribution < -0.4 is 21.1 Å². The molecule has 0 aliphatic rings. The topological polar surface area (TPSA) is 165 Å². The number of hydrogen-bond donors (Lipinski definition) is 4. The van der Waals surface area contributed by atoms with Gasteiger partial charge in [0.05, 0.1) is 12.3 Å². The van der Waals surface area contributed by atoms with Gasteiger partial charge in [-0.1, -0.05) is 6.07 Å². The maximum absolute atomic E-state index is 13.5. The highest BCUT2D eigenvalue weighted by molar-refractivity contribution is 7.92. The largest absolute Gasteiger partial charge is 0.421 e. The summed E-state index contributed by atoms with van der Waals surface area (Å²) in [7, 11) is -3.69. The van der Waals surface area contributed by atoms with E-state index in [-0.39, 0.29) is 35.3 Å². The highest BCUT2D eigenvalue weighted by atomic mass is 32.2. The van der Waals surface area contributed by atoms with E-state index >= 15 is 0 Å². The lowest BCUT2D eigenvalue weighted by molar-refractivity contribution is -0.137. The molecule has 3 rings (SSSR count). The minimum atomic E-state index is -4.78. The van der Waals surface area contributed by atoms with E-state index in [1.807, 2.05) is 0 Å². The fourth-order valence-electron chi connectivity index (χ4n) is 2.63. The average molecular weight is 496 g/mol. The Labute approximate surface area is 192 Å². The Bertz CT molecular complexity index is 1300. The average Bonchev–Trinajstić information content (AvgIpc) is 2.78. The minimum Gasteiger partial charge on any atom is -0.366 e. The Balaban J connectivity index is 1.89. The van der Waals surface area contributed by atoms with Crippen LogP contribution in [-0.4, -0.2) is 40.0 Å². The quantitative estimate of drug-likeness (QED) is 0.348. The lowest BCUT2D eigenvalue weighted by Gasteiger charge is -2.16. The predicted octanol–water partition coefficient (Wildman–Crippen LogP) is 2.50. The molecular formula is C19H19F3N8O3S. The number of carbonyl (C=O) groups is 1. The van der Waals surface area contributed by atoms with E-state index in [0.29, 0.717) is 11.9 Å². The van der Waals surface area contributed by atoms with Crippen LogP contribution in [0.5, 0.6) is 0 Å². The second-order valence-corrected chi connectivity index (χ2v) is 8.75. The van der Waals surface area contributed by atoms with Gasteiger partial charge in [-0.05, 0) is 25.1 Å². The third kappa shape index (κ3) is 6.28. The van der Waals surface area contributed by atoms with Gasteiger partial charge in [0.1, 0.15) is 17.1 Å². The summed E-state index contributed by atoms with van der Waals surface area (Å²) in [5.41, 5.74) is 4.64. The van der Waals surface area contributed by atoms with Crippen LogP contribution in [-0.2, 0) is 22.7 Å². The summed E-state index contributed by atoms with van der Waals surface area (Å²) in [6.07, 6.45) is -1.68. The molecule has 5 N–H and O–H groups in total. The molecule has 2 heterocycles. The summed E-state index contributed by atoms with van der Waals surface area (Å²) in [5, 5.41) is 5.22. The maximum atomic E-state index is 13.5. The zero-order chi connectivity index (χ0) is 24.9. The van der Waals surface area contributed by atoms with Gasteiger partial charge >= 0.3 is 6.18 Å². The molecule has 15 heteroatoms. The van der Waals surface area contributed by atoms with Crippen molar-refractivity contribution < 1.29 is 26.4 Å². The van der Waals surface area contributed by atoms with Crippen molar-refractivity contribution in [3.05, 3.63) is 59.7 Å². The monoisotopic (exact) mass is 496 g/mol. The number of primary amides is 1. The number of nitrogens with two attached hydrogens (primary N) is 1. The molecule has 0 saturated carbocycles. The number of rotatable bonds is 9. The van der Waals surface area contributed by atoms with E-state index in [1.165, 1.54) is 37.5 Å². The highest BCUT2D eigenvalue weighted by Crippen LogP contribution is 2.34. The second kappa shape index (κ2) is 9.86. The fraction of sp³-hybridized carbons (Fsp3) is 0.211. The summed E-state index contributed by atoms with van der Waals surface area (Å²) in [5.74, 6) is -1.81. The molecule has 0 radical (unpaired) electrons. The van der Waals surface area contributed by atoms with E-state index < -0.39 is 33.5 Å². The van der Waals surface area contributed by atoms with Crippen LogP contribution in [0, 0.1) is 0 Å². The van der Waals surface area contributed by atoms with Crippen LogP contribution in [0.3, 0.4) is 0 Å². The van der Waals surface area contributed by atoms with Crippen molar-refractivity contribution in [2.24, 2.45) is 5.73 Å². The Morgan fingerprint density at radius 1 is 1.12 bits per heavy atom. The van der Waals surface area contributed by atoms with Crippen molar-refractivity contribution in [2.75, 3.05) is 21.1 Å². The van der Waals surface area contributed by atoms with Gasteiger partial charge in [0.2, 0.25) is 21.9 Å². The first kappa shape index (κ1) is 24.6. The molecule has 0 bridgehead atoms. The molecule has 0 atom stereocenters. The molecule has 0 aliphatic heterocycles. The Hall–Kier alpha value is -4.01. The molecule has 2 aromatic heterocycles. The molecule has 0 spiro atoms. The van der Waals surface area contributed by atoms with Gasteiger partial charge in [-0.2, -0.15) is 18.2 Å². The Morgan fingerprint density at radius 3 is 2.53 bits per heavy atom. The third-order valence-electron chi connectivity index (χ3n) is 4.33. The van der Waals surface area contributed by atoms with E-state index in [1.54, 1.807) is 6.07 Å². The normalized spacial score (nSPS) is 11.6. The molecule has 34 heavy (non-hydrogen) atoms. The van der Waals surface area contributed by atoms with Crippen LogP contribution in [0.1, 0.15) is 28.5 Å². The zero-order valence-electron chi connectivity index (χ0n) is 17.6. The first-order valence-corrected chi connectivity index (χ1v) is 11.3. The molecule has 0 unspecified atom stereocenters. The fourth-order valence-corrected chi connectivity index (χ4v) is 3.24. The van der Waals surface area contributed by atoms with Crippen molar-refractivity contribution in [3.8, 4) is 0 Å². The number of halogens is 3. The van der Waals surface area contributed by atoms with Crippen LogP contribution in [0.2, 0.25) is 0 Å². The minimum absolute atomic E-state index is 0.0509. The lowest BCUT2D eigenvalue weighted by Crippen LogP contribution is -2.19. The molecule has 180 valence electrons. The number of sulfonamides is 1. The first-order chi connectivity index (χ1) is 16.0. The number of anilines is 4. The number of aromatic nitrogens is 4. The number of carbonyl (C=O) groups excluding carboxylic acids is 1. The van der Waals surface area contributed by atoms with Crippen molar-refractivity contribution >= 4 is 39.2 Å². The van der Waals surface area contributed by atoms with Gasteiger partial charge < -0.3 is 16.4 Å². The van der Waals surface area contributed by atoms with Gasteiger partial charge in [0.15, 0.2) is 5.82 Å². The summed E-state index contributed by atoms with van der Waals surface area (Å²) in [4.78, 5) is 26.8. The summed E-state index contributed by atoms with van der Waals surface area (Å²) < 4.78 is 66.5. The van der Waals surface area contributed by atoms with Crippen molar-refractivity contribution in [1.29, 1.82) is 0 Å². The van der Waals surface area contributed by atoms with Crippen LogP contribution >= 0.6 is 0 Å². The Kier molecular flexibility index (Phi) is 7.14. The van der Waals surface area contributed by atoms with Crippen molar-refractivity contribution in [2.45, 2.75) is 19.6 Å². The molecule has 1 amide bonds. The second-order valence-electron chi connectivity index (χ2n) is 6.73. The number of benzene rings is 1. The molecule has 0 saturated heterocycles. The van der Waals surface area contributed by atoms with Crippen molar-refractivity contribution in [3.63, 3.8) is 0 Å². The molecule has 0 fully saturated rings. The van der Waals surface area contributed by atoms with E-state index in [4.69, 9.17) is 5.73 Å². The molecule has 1 aromatic carbocycles. The highest BCUT2D eigenvalue weighted by Gasteiger charge is 2.35. The van der Waals surface area contributed by atoms with Gasteiger partial charge in [-0.15, -0.1) is 0 Å². The van der Waals surface area contributed by atoms with E-state index in [2.05, 4.69) is 35.3 Å². The molecule has 3 aromatic rings. The number of nitrogens with zero attached hydrogens (tertiary/aromatic N) is 4. The Morgan fingerprint density at radius 2 is 1.85 bits per heavy atom. The van der Waals surface area contributed by atoms with E-state index in [9.17, 15) is 26.4 Å².